The van der Waals surface area contributed by atoms with Crippen LogP contribution >= 0.6 is 46.6 Å². The maximum Gasteiger partial charge on any atom is 0.115 e. The third kappa shape index (κ3) is 4.80. The van der Waals surface area contributed by atoms with E-state index >= 15 is 0 Å². The van der Waals surface area contributed by atoms with Crippen molar-refractivity contribution in [2.75, 3.05) is 0 Å². The first-order chi connectivity index (χ1) is 15.5. The van der Waals surface area contributed by atoms with Crippen LogP contribution in [-0.2, 0) is 5.75 Å². The van der Waals surface area contributed by atoms with E-state index in [1.807, 2.05) is 67.6 Å². The predicted octanol–water partition coefficient (Wildman–Crippen LogP) is 8.85. The van der Waals surface area contributed by atoms with E-state index in [4.69, 9.17) is 39.8 Å². The number of benzene rings is 3. The molecule has 0 spiro atoms. The van der Waals surface area contributed by atoms with Gasteiger partial charge in [0.2, 0.25) is 0 Å². The number of nitrogens with zero attached hydrogens (tertiary/aromatic N) is 2. The zero-order valence-corrected chi connectivity index (χ0v) is 20.2. The Hall–Kier alpha value is -2.48. The molecule has 0 atom stereocenters. The molecule has 2 nitrogen and oxygen atoms in total. The van der Waals surface area contributed by atoms with Crippen molar-refractivity contribution >= 4 is 46.6 Å². The Kier molecular flexibility index (Phi) is 7.08. The van der Waals surface area contributed by atoms with E-state index in [1.54, 1.807) is 12.1 Å². The third-order valence-electron chi connectivity index (χ3n) is 5.02. The van der Waals surface area contributed by atoms with E-state index in [1.165, 1.54) is 11.8 Å². The number of hydrogen-bond acceptors (Lipinski definition) is 3. The van der Waals surface area contributed by atoms with E-state index in [-0.39, 0.29) is 0 Å². The Morgan fingerprint density at radius 1 is 0.844 bits per heavy atom. The molecule has 32 heavy (non-hydrogen) atoms. The molecule has 0 fully saturated rings. The summed E-state index contributed by atoms with van der Waals surface area (Å²) in [5.74, 6) is 0.486. The Balaban J connectivity index is 1.86. The molecule has 0 aliphatic rings. The average molecular weight is 496 g/mol. The highest BCUT2D eigenvalue weighted by Crippen LogP contribution is 2.39. The van der Waals surface area contributed by atoms with Gasteiger partial charge in [0.05, 0.1) is 11.3 Å². The van der Waals surface area contributed by atoms with Gasteiger partial charge in [-0.05, 0) is 36.8 Å². The number of nitriles is 1. The summed E-state index contributed by atoms with van der Waals surface area (Å²) in [6, 6.07) is 25.3. The Labute approximate surface area is 206 Å². The summed E-state index contributed by atoms with van der Waals surface area (Å²) in [7, 11) is 0. The molecule has 0 radical (unpaired) electrons. The zero-order chi connectivity index (χ0) is 22.7. The van der Waals surface area contributed by atoms with Gasteiger partial charge in [-0.1, -0.05) is 88.9 Å². The highest BCUT2D eigenvalue weighted by molar-refractivity contribution is 7.98. The van der Waals surface area contributed by atoms with Crippen LogP contribution in [0.3, 0.4) is 0 Å². The predicted molar refractivity (Wildman–Crippen MR) is 136 cm³/mol. The van der Waals surface area contributed by atoms with Crippen molar-refractivity contribution < 1.29 is 0 Å². The Morgan fingerprint density at radius 3 is 2.16 bits per heavy atom. The lowest BCUT2D eigenvalue weighted by Crippen LogP contribution is -1.97. The van der Waals surface area contributed by atoms with Gasteiger partial charge in [0.25, 0.3) is 0 Å². The van der Waals surface area contributed by atoms with Crippen molar-refractivity contribution in [2.24, 2.45) is 0 Å². The monoisotopic (exact) mass is 494 g/mol. The summed E-state index contributed by atoms with van der Waals surface area (Å²) in [4.78, 5) is 4.84. The van der Waals surface area contributed by atoms with E-state index in [2.05, 4.69) is 6.07 Å². The minimum atomic E-state index is 0.474. The van der Waals surface area contributed by atoms with E-state index in [0.717, 1.165) is 33.5 Å². The molecule has 1 heterocycles. The summed E-state index contributed by atoms with van der Waals surface area (Å²) in [5.41, 5.74) is 5.72. The SMILES string of the molecule is Cc1ccc(-c2cc(-c3ccccc3Cl)c(C#N)c(SCc3c(Cl)cccc3Cl)n2)cc1. The van der Waals surface area contributed by atoms with E-state index in [0.29, 0.717) is 31.4 Å². The lowest BCUT2D eigenvalue weighted by atomic mass is 9.99. The summed E-state index contributed by atoms with van der Waals surface area (Å²) >= 11 is 20.7. The molecule has 0 aliphatic carbocycles. The van der Waals surface area contributed by atoms with Gasteiger partial charge in [0.1, 0.15) is 11.1 Å². The molecule has 6 heteroatoms. The molecule has 4 aromatic rings. The van der Waals surface area contributed by atoms with Crippen molar-refractivity contribution in [1.82, 2.24) is 4.98 Å². The fraction of sp³-hybridized carbons (Fsp3) is 0.0769. The lowest BCUT2D eigenvalue weighted by molar-refractivity contribution is 1.12. The second kappa shape index (κ2) is 9.98. The van der Waals surface area contributed by atoms with Crippen LogP contribution < -0.4 is 0 Å². The van der Waals surface area contributed by atoms with Crippen LogP contribution in [0.25, 0.3) is 22.4 Å². The molecule has 0 amide bonds. The molecular weight excluding hydrogens is 479 g/mol. The lowest BCUT2D eigenvalue weighted by Gasteiger charge is -2.14. The average Bonchev–Trinajstić information content (AvgIpc) is 2.79. The minimum absolute atomic E-state index is 0.474. The smallest absolute Gasteiger partial charge is 0.115 e. The minimum Gasteiger partial charge on any atom is -0.240 e. The van der Waals surface area contributed by atoms with Crippen LogP contribution in [0.5, 0.6) is 0 Å². The summed E-state index contributed by atoms with van der Waals surface area (Å²) in [5, 5.41) is 12.4. The van der Waals surface area contributed by atoms with Crippen LogP contribution in [0.2, 0.25) is 15.1 Å². The standard InChI is InChI=1S/C26H17Cl3N2S/c1-16-9-11-17(12-10-16)25-13-19(18-5-2-3-6-22(18)27)20(14-30)26(31-25)32-15-21-23(28)7-4-8-24(21)29/h2-13H,15H2,1H3. The number of aromatic nitrogens is 1. The fourth-order valence-corrected chi connectivity index (χ4v) is 5.29. The molecule has 0 saturated carbocycles. The molecule has 0 unspecified atom stereocenters. The zero-order valence-electron chi connectivity index (χ0n) is 17.1. The Bertz CT molecular complexity index is 1310. The van der Waals surface area contributed by atoms with Crippen molar-refractivity contribution in [3.63, 3.8) is 0 Å². The van der Waals surface area contributed by atoms with E-state index < -0.39 is 0 Å². The molecule has 4 rings (SSSR count). The first-order valence-corrected chi connectivity index (χ1v) is 11.9. The van der Waals surface area contributed by atoms with Gasteiger partial charge in [-0.15, -0.1) is 11.8 Å². The number of aryl methyl sites for hydroxylation is 1. The maximum absolute atomic E-state index is 10.1. The molecule has 3 aromatic carbocycles. The number of rotatable bonds is 5. The molecule has 158 valence electrons. The molecule has 1 aromatic heterocycles. The number of pyridine rings is 1. The van der Waals surface area contributed by atoms with Gasteiger partial charge in [-0.25, -0.2) is 4.98 Å². The highest BCUT2D eigenvalue weighted by Gasteiger charge is 2.18. The quantitative estimate of drug-likeness (QED) is 0.259. The van der Waals surface area contributed by atoms with Crippen LogP contribution in [0, 0.1) is 18.3 Å². The van der Waals surface area contributed by atoms with Crippen molar-refractivity contribution in [1.29, 1.82) is 5.26 Å². The van der Waals surface area contributed by atoms with Gasteiger partial charge >= 0.3 is 0 Å². The van der Waals surface area contributed by atoms with Gasteiger partial charge in [0, 0.05) is 37.5 Å². The van der Waals surface area contributed by atoms with Crippen molar-refractivity contribution in [3.05, 3.63) is 105 Å². The number of thioether (sulfide) groups is 1. The summed E-state index contributed by atoms with van der Waals surface area (Å²) < 4.78 is 0. The molecule has 0 saturated heterocycles. The summed E-state index contributed by atoms with van der Waals surface area (Å²) in [6.45, 7) is 2.04. The van der Waals surface area contributed by atoms with Crippen LogP contribution in [0.1, 0.15) is 16.7 Å². The Morgan fingerprint density at radius 2 is 1.50 bits per heavy atom. The molecule has 0 bridgehead atoms. The summed E-state index contributed by atoms with van der Waals surface area (Å²) in [6.07, 6.45) is 0. The van der Waals surface area contributed by atoms with Crippen LogP contribution in [0.15, 0.2) is 77.8 Å². The van der Waals surface area contributed by atoms with Gasteiger partial charge in [-0.3, -0.25) is 0 Å². The van der Waals surface area contributed by atoms with Crippen molar-refractivity contribution in [2.45, 2.75) is 17.7 Å². The number of hydrogen-bond donors (Lipinski definition) is 0. The van der Waals surface area contributed by atoms with E-state index in [9.17, 15) is 5.26 Å². The molecule has 0 N–H and O–H groups in total. The number of halogens is 3. The maximum atomic E-state index is 10.1. The van der Waals surface area contributed by atoms with Gasteiger partial charge in [0.15, 0.2) is 0 Å². The first-order valence-electron chi connectivity index (χ1n) is 9.80. The molecular formula is C26H17Cl3N2S. The second-order valence-electron chi connectivity index (χ2n) is 7.18. The topological polar surface area (TPSA) is 36.7 Å². The highest BCUT2D eigenvalue weighted by atomic mass is 35.5. The molecule has 0 aliphatic heterocycles. The van der Waals surface area contributed by atoms with Crippen LogP contribution in [-0.4, -0.2) is 4.98 Å². The normalized spacial score (nSPS) is 10.7. The van der Waals surface area contributed by atoms with Crippen molar-refractivity contribution in [3.8, 4) is 28.5 Å². The largest absolute Gasteiger partial charge is 0.240 e. The second-order valence-corrected chi connectivity index (χ2v) is 9.37. The van der Waals surface area contributed by atoms with Crippen LogP contribution in [0.4, 0.5) is 0 Å². The first kappa shape index (κ1) is 22.7. The van der Waals surface area contributed by atoms with Gasteiger partial charge in [-0.2, -0.15) is 5.26 Å². The third-order valence-corrected chi connectivity index (χ3v) is 7.06. The van der Waals surface area contributed by atoms with Gasteiger partial charge < -0.3 is 0 Å². The fourth-order valence-electron chi connectivity index (χ4n) is 3.31.